The molecule has 0 saturated heterocycles. The van der Waals surface area contributed by atoms with Crippen molar-refractivity contribution in [2.24, 2.45) is 0 Å². The highest BCUT2D eigenvalue weighted by Crippen LogP contribution is 2.17. The zero-order chi connectivity index (χ0) is 55.7. The summed E-state index contributed by atoms with van der Waals surface area (Å²) in [6, 6.07) is 0. The van der Waals surface area contributed by atoms with E-state index < -0.39 is 6.10 Å². The van der Waals surface area contributed by atoms with Gasteiger partial charge in [0.1, 0.15) is 13.2 Å². The van der Waals surface area contributed by atoms with Gasteiger partial charge >= 0.3 is 17.9 Å². The van der Waals surface area contributed by atoms with Crippen LogP contribution in [0.25, 0.3) is 0 Å². The molecule has 0 aliphatic rings. The van der Waals surface area contributed by atoms with E-state index in [2.05, 4.69) is 106 Å². The van der Waals surface area contributed by atoms with E-state index in [0.717, 1.165) is 89.9 Å². The standard InChI is InChI=1S/C71H124O6/c1-4-7-10-13-16-19-22-25-28-29-30-31-32-33-34-35-36-37-38-39-40-41-44-46-49-52-55-58-61-64-70(73)76-67-68(77-71(74)65-62-59-56-53-50-47-43-27-24-21-18-15-12-9-6-3)66-75-69(72)63-60-57-54-51-48-45-42-26-23-20-17-14-11-8-5-2/h9,12,18,21-22,25,27,29-30,32-33,43,50,53,68H,4-8,10-11,13-17,19-20,23-24,26,28,31,34-42,44-49,51-52,54-67H2,1-3H3/b12-9-,21-18-,25-22-,30-29-,33-32-,43-27-,53-50-. The summed E-state index contributed by atoms with van der Waals surface area (Å²) >= 11 is 0. The van der Waals surface area contributed by atoms with Gasteiger partial charge in [0.2, 0.25) is 0 Å². The Labute approximate surface area is 477 Å². The number of carbonyl (C=O) groups is 3. The Morgan fingerprint density at radius 1 is 0.273 bits per heavy atom. The molecule has 0 bridgehead atoms. The number of carbonyl (C=O) groups excluding carboxylic acids is 3. The second kappa shape index (κ2) is 65.1. The van der Waals surface area contributed by atoms with E-state index in [1.54, 1.807) is 0 Å². The molecule has 0 aromatic rings. The van der Waals surface area contributed by atoms with Crippen molar-refractivity contribution < 1.29 is 28.6 Å². The van der Waals surface area contributed by atoms with Crippen LogP contribution >= 0.6 is 0 Å². The van der Waals surface area contributed by atoms with Crippen LogP contribution in [0.15, 0.2) is 85.1 Å². The predicted octanol–water partition coefficient (Wildman–Crippen LogP) is 22.7. The Morgan fingerprint density at radius 2 is 0.506 bits per heavy atom. The molecule has 0 rings (SSSR count). The topological polar surface area (TPSA) is 78.9 Å². The third-order valence-electron chi connectivity index (χ3n) is 14.4. The van der Waals surface area contributed by atoms with Gasteiger partial charge in [-0.2, -0.15) is 0 Å². The van der Waals surface area contributed by atoms with Crippen molar-refractivity contribution in [1.82, 2.24) is 0 Å². The van der Waals surface area contributed by atoms with Crippen LogP contribution in [-0.4, -0.2) is 37.2 Å². The highest BCUT2D eigenvalue weighted by Gasteiger charge is 2.19. The number of rotatable bonds is 60. The molecule has 0 heterocycles. The minimum Gasteiger partial charge on any atom is -0.462 e. The molecule has 0 amide bonds. The second-order valence-electron chi connectivity index (χ2n) is 22.0. The molecule has 0 saturated carbocycles. The first-order chi connectivity index (χ1) is 38.0. The van der Waals surface area contributed by atoms with Crippen molar-refractivity contribution in [2.45, 2.75) is 335 Å². The molecule has 0 aliphatic carbocycles. The largest absolute Gasteiger partial charge is 0.462 e. The number of hydrogen-bond acceptors (Lipinski definition) is 6. The van der Waals surface area contributed by atoms with Gasteiger partial charge in [0, 0.05) is 19.3 Å². The predicted molar refractivity (Wildman–Crippen MR) is 334 cm³/mol. The second-order valence-corrected chi connectivity index (χ2v) is 22.0. The first-order valence-corrected chi connectivity index (χ1v) is 33.1. The van der Waals surface area contributed by atoms with Gasteiger partial charge in [-0.05, 0) is 96.3 Å². The molecular formula is C71H124O6. The number of esters is 3. The Balaban J connectivity index is 4.26. The maximum absolute atomic E-state index is 12.9. The average Bonchev–Trinajstić information content (AvgIpc) is 3.43. The Kier molecular flexibility index (Phi) is 62.2. The van der Waals surface area contributed by atoms with Gasteiger partial charge in [-0.25, -0.2) is 0 Å². The fourth-order valence-electron chi connectivity index (χ4n) is 9.44. The van der Waals surface area contributed by atoms with Gasteiger partial charge < -0.3 is 14.2 Å². The number of hydrogen-bond donors (Lipinski definition) is 0. The summed E-state index contributed by atoms with van der Waals surface area (Å²) in [6.07, 6.45) is 86.0. The van der Waals surface area contributed by atoms with Crippen molar-refractivity contribution in [3.05, 3.63) is 85.1 Å². The summed E-state index contributed by atoms with van der Waals surface area (Å²) in [5.41, 5.74) is 0. The maximum atomic E-state index is 12.9. The van der Waals surface area contributed by atoms with Crippen molar-refractivity contribution in [2.75, 3.05) is 13.2 Å². The first kappa shape index (κ1) is 73.6. The zero-order valence-corrected chi connectivity index (χ0v) is 51.0. The summed E-state index contributed by atoms with van der Waals surface area (Å²) in [5.74, 6) is -0.918. The summed E-state index contributed by atoms with van der Waals surface area (Å²) < 4.78 is 16.9. The van der Waals surface area contributed by atoms with Crippen molar-refractivity contribution in [3.8, 4) is 0 Å². The molecule has 0 N–H and O–H groups in total. The van der Waals surface area contributed by atoms with Crippen molar-refractivity contribution in [1.29, 1.82) is 0 Å². The van der Waals surface area contributed by atoms with E-state index in [1.807, 2.05) is 0 Å². The smallest absolute Gasteiger partial charge is 0.306 e. The van der Waals surface area contributed by atoms with Crippen LogP contribution in [0.5, 0.6) is 0 Å². The van der Waals surface area contributed by atoms with Gasteiger partial charge in [-0.3, -0.25) is 14.4 Å². The van der Waals surface area contributed by atoms with E-state index in [1.165, 1.54) is 193 Å². The number of allylic oxidation sites excluding steroid dienone is 14. The van der Waals surface area contributed by atoms with Crippen molar-refractivity contribution in [3.63, 3.8) is 0 Å². The maximum Gasteiger partial charge on any atom is 0.306 e. The summed E-state index contributed by atoms with van der Waals surface area (Å²) in [4.78, 5) is 38.3. The normalized spacial score (nSPS) is 12.6. The molecular weight excluding hydrogens is 949 g/mol. The molecule has 0 aromatic carbocycles. The lowest BCUT2D eigenvalue weighted by molar-refractivity contribution is -0.167. The van der Waals surface area contributed by atoms with Crippen LogP contribution in [0, 0.1) is 0 Å². The molecule has 0 radical (unpaired) electrons. The summed E-state index contributed by atoms with van der Waals surface area (Å²) in [6.45, 7) is 6.52. The van der Waals surface area contributed by atoms with Crippen LogP contribution in [0.2, 0.25) is 0 Å². The van der Waals surface area contributed by atoms with Gasteiger partial charge in [-0.15, -0.1) is 0 Å². The Bertz CT molecular complexity index is 1470. The molecule has 444 valence electrons. The molecule has 1 atom stereocenters. The quantitative estimate of drug-likeness (QED) is 0.0261. The van der Waals surface area contributed by atoms with Gasteiger partial charge in [0.15, 0.2) is 6.10 Å². The van der Waals surface area contributed by atoms with E-state index in [-0.39, 0.29) is 37.5 Å². The first-order valence-electron chi connectivity index (χ1n) is 33.1. The van der Waals surface area contributed by atoms with Crippen LogP contribution in [-0.2, 0) is 28.6 Å². The molecule has 6 heteroatoms. The molecule has 77 heavy (non-hydrogen) atoms. The molecule has 0 fully saturated rings. The van der Waals surface area contributed by atoms with Crippen molar-refractivity contribution >= 4 is 17.9 Å². The molecule has 0 spiro atoms. The third-order valence-corrected chi connectivity index (χ3v) is 14.4. The molecule has 1 unspecified atom stereocenters. The van der Waals surface area contributed by atoms with E-state index in [4.69, 9.17) is 14.2 Å². The SMILES string of the molecule is CC/C=C\C/C=C\C/C=C\C/C=C\CCCCC(=O)OC(COC(=O)CCCCCCCCCCCCCCCCC)COC(=O)CCCCCCCCCCCCCCCC/C=C\C/C=C\C/C=C\CCCCCCC. The summed E-state index contributed by atoms with van der Waals surface area (Å²) in [7, 11) is 0. The minimum atomic E-state index is -0.797. The highest BCUT2D eigenvalue weighted by atomic mass is 16.6. The van der Waals surface area contributed by atoms with Gasteiger partial charge in [-0.1, -0.05) is 298 Å². The molecule has 0 aliphatic heterocycles. The van der Waals surface area contributed by atoms with Crippen LogP contribution in [0.3, 0.4) is 0 Å². The van der Waals surface area contributed by atoms with Crippen LogP contribution in [0.4, 0.5) is 0 Å². The zero-order valence-electron chi connectivity index (χ0n) is 51.0. The van der Waals surface area contributed by atoms with Crippen LogP contribution in [0.1, 0.15) is 329 Å². The fourth-order valence-corrected chi connectivity index (χ4v) is 9.44. The van der Waals surface area contributed by atoms with Gasteiger partial charge in [0.05, 0.1) is 0 Å². The number of ether oxygens (including phenoxy) is 3. The highest BCUT2D eigenvalue weighted by molar-refractivity contribution is 5.71. The lowest BCUT2D eigenvalue weighted by atomic mass is 10.0. The van der Waals surface area contributed by atoms with E-state index in [9.17, 15) is 14.4 Å². The van der Waals surface area contributed by atoms with E-state index in [0.29, 0.717) is 19.3 Å². The Morgan fingerprint density at radius 3 is 0.818 bits per heavy atom. The third kappa shape index (κ3) is 63.3. The fraction of sp³-hybridized carbons (Fsp3) is 0.761. The van der Waals surface area contributed by atoms with Gasteiger partial charge in [0.25, 0.3) is 0 Å². The Hall–Kier alpha value is -3.41. The average molecular weight is 1070 g/mol. The minimum absolute atomic E-state index is 0.0899. The summed E-state index contributed by atoms with van der Waals surface area (Å²) in [5, 5.41) is 0. The van der Waals surface area contributed by atoms with Crippen LogP contribution < -0.4 is 0 Å². The molecule has 6 nitrogen and oxygen atoms in total. The molecule has 0 aromatic heterocycles. The lowest BCUT2D eigenvalue weighted by Crippen LogP contribution is -2.30. The van der Waals surface area contributed by atoms with E-state index >= 15 is 0 Å². The lowest BCUT2D eigenvalue weighted by Gasteiger charge is -2.18. The number of unbranched alkanes of at least 4 members (excludes halogenated alkanes) is 35. The monoisotopic (exact) mass is 1070 g/mol.